The van der Waals surface area contributed by atoms with Crippen molar-refractivity contribution in [2.75, 3.05) is 13.2 Å². The minimum absolute atomic E-state index is 0.351. The van der Waals surface area contributed by atoms with Crippen LogP contribution in [0.25, 0.3) is 0 Å². The van der Waals surface area contributed by atoms with Crippen LogP contribution >= 0.6 is 0 Å². The van der Waals surface area contributed by atoms with Crippen molar-refractivity contribution in [3.05, 3.63) is 0 Å². The van der Waals surface area contributed by atoms with Crippen LogP contribution in [0.5, 0.6) is 0 Å². The van der Waals surface area contributed by atoms with Gasteiger partial charge in [0, 0.05) is 19.2 Å². The Balaban J connectivity index is 2.20. The van der Waals surface area contributed by atoms with Gasteiger partial charge >= 0.3 is 0 Å². The third-order valence-electron chi connectivity index (χ3n) is 3.60. The van der Waals surface area contributed by atoms with Crippen LogP contribution in [0.4, 0.5) is 0 Å². The molecule has 1 rings (SSSR count). The van der Waals surface area contributed by atoms with Crippen molar-refractivity contribution in [2.24, 2.45) is 5.41 Å². The van der Waals surface area contributed by atoms with E-state index in [1.54, 1.807) is 0 Å². The lowest BCUT2D eigenvalue weighted by atomic mass is 9.66. The Labute approximate surface area is 88.1 Å². The number of aliphatic hydroxyl groups is 1. The van der Waals surface area contributed by atoms with E-state index in [9.17, 15) is 0 Å². The summed E-state index contributed by atoms with van der Waals surface area (Å²) >= 11 is 0. The van der Waals surface area contributed by atoms with E-state index in [2.05, 4.69) is 19.2 Å². The lowest BCUT2D eigenvalue weighted by molar-refractivity contribution is 0.0829. The summed E-state index contributed by atoms with van der Waals surface area (Å²) in [6.07, 6.45) is 7.46. The van der Waals surface area contributed by atoms with Gasteiger partial charge in [0.25, 0.3) is 0 Å². The summed E-state index contributed by atoms with van der Waals surface area (Å²) in [5, 5.41) is 12.6. The summed E-state index contributed by atoms with van der Waals surface area (Å²) in [6.45, 7) is 5.94. The second-order valence-electron chi connectivity index (χ2n) is 4.90. The van der Waals surface area contributed by atoms with Gasteiger partial charge in [-0.3, -0.25) is 0 Å². The number of hydrogen-bond donors (Lipinski definition) is 2. The molecule has 0 aromatic carbocycles. The maximum Gasteiger partial charge on any atom is 0.0436 e. The molecule has 0 bridgehead atoms. The Kier molecular flexibility index (Phi) is 4.90. The van der Waals surface area contributed by atoms with Gasteiger partial charge in [-0.05, 0) is 38.0 Å². The summed E-state index contributed by atoms with van der Waals surface area (Å²) in [5.74, 6) is 0. The van der Waals surface area contributed by atoms with Crippen LogP contribution < -0.4 is 5.32 Å². The number of rotatable bonds is 7. The molecule has 2 heteroatoms. The topological polar surface area (TPSA) is 32.3 Å². The lowest BCUT2D eigenvalue weighted by Gasteiger charge is -2.42. The van der Waals surface area contributed by atoms with Crippen LogP contribution in [0.2, 0.25) is 0 Å². The molecule has 0 aromatic heterocycles. The molecule has 1 atom stereocenters. The maximum atomic E-state index is 9.01. The SMILES string of the molecule is CCCC(C)NCC1(CCO)CCC1. The van der Waals surface area contributed by atoms with Crippen LogP contribution in [0, 0.1) is 5.41 Å². The highest BCUT2D eigenvalue weighted by molar-refractivity contribution is 4.89. The van der Waals surface area contributed by atoms with E-state index in [0.29, 0.717) is 18.1 Å². The third kappa shape index (κ3) is 3.25. The van der Waals surface area contributed by atoms with Crippen LogP contribution in [0.15, 0.2) is 0 Å². The zero-order valence-electron chi connectivity index (χ0n) is 9.68. The molecule has 0 radical (unpaired) electrons. The van der Waals surface area contributed by atoms with Crippen molar-refractivity contribution in [2.45, 2.75) is 58.4 Å². The molecule has 0 saturated heterocycles. The van der Waals surface area contributed by atoms with Gasteiger partial charge < -0.3 is 10.4 Å². The molecule has 1 fully saturated rings. The molecule has 0 heterocycles. The molecule has 0 aromatic rings. The monoisotopic (exact) mass is 199 g/mol. The molecule has 1 aliphatic carbocycles. The number of hydrogen-bond acceptors (Lipinski definition) is 2. The molecule has 2 N–H and O–H groups in total. The molecular weight excluding hydrogens is 174 g/mol. The lowest BCUT2D eigenvalue weighted by Crippen LogP contribution is -2.43. The first-order chi connectivity index (χ1) is 6.72. The smallest absolute Gasteiger partial charge is 0.0436 e. The first kappa shape index (κ1) is 12.0. The van der Waals surface area contributed by atoms with E-state index >= 15 is 0 Å². The zero-order chi connectivity index (χ0) is 10.4. The number of nitrogens with one attached hydrogen (secondary N) is 1. The van der Waals surface area contributed by atoms with Crippen LogP contribution in [-0.4, -0.2) is 24.3 Å². The highest BCUT2D eigenvalue weighted by atomic mass is 16.3. The quantitative estimate of drug-likeness (QED) is 0.659. The third-order valence-corrected chi connectivity index (χ3v) is 3.60. The van der Waals surface area contributed by atoms with Gasteiger partial charge in [-0.15, -0.1) is 0 Å². The Bertz CT molecular complexity index is 154. The first-order valence-corrected chi connectivity index (χ1v) is 6.07. The summed E-state index contributed by atoms with van der Waals surface area (Å²) in [5.41, 5.74) is 0.441. The van der Waals surface area contributed by atoms with Crippen LogP contribution in [-0.2, 0) is 0 Å². The maximum absolute atomic E-state index is 9.01. The average Bonchev–Trinajstić information content (AvgIpc) is 2.10. The fourth-order valence-electron chi connectivity index (χ4n) is 2.35. The minimum Gasteiger partial charge on any atom is -0.396 e. The fraction of sp³-hybridized carbons (Fsp3) is 1.00. The van der Waals surface area contributed by atoms with Crippen molar-refractivity contribution in [1.82, 2.24) is 5.32 Å². The van der Waals surface area contributed by atoms with Crippen molar-refractivity contribution in [3.63, 3.8) is 0 Å². The standard InChI is InChI=1S/C12H25NO/c1-3-5-11(2)13-10-12(8-9-14)6-4-7-12/h11,13-14H,3-10H2,1-2H3. The second kappa shape index (κ2) is 5.72. The fourth-order valence-corrected chi connectivity index (χ4v) is 2.35. The molecule has 2 nitrogen and oxygen atoms in total. The Morgan fingerprint density at radius 1 is 1.43 bits per heavy atom. The molecule has 84 valence electrons. The summed E-state index contributed by atoms with van der Waals surface area (Å²) in [4.78, 5) is 0. The van der Waals surface area contributed by atoms with E-state index in [0.717, 1.165) is 13.0 Å². The second-order valence-corrected chi connectivity index (χ2v) is 4.90. The molecule has 1 unspecified atom stereocenters. The van der Waals surface area contributed by atoms with Gasteiger partial charge in [-0.2, -0.15) is 0 Å². The van der Waals surface area contributed by atoms with E-state index in [1.807, 2.05) is 0 Å². The van der Waals surface area contributed by atoms with Gasteiger partial charge in [0.2, 0.25) is 0 Å². The average molecular weight is 199 g/mol. The van der Waals surface area contributed by atoms with Crippen molar-refractivity contribution in [1.29, 1.82) is 0 Å². The van der Waals surface area contributed by atoms with E-state index in [-0.39, 0.29) is 0 Å². The van der Waals surface area contributed by atoms with E-state index in [1.165, 1.54) is 32.1 Å². The van der Waals surface area contributed by atoms with Crippen LogP contribution in [0.1, 0.15) is 52.4 Å². The summed E-state index contributed by atoms with van der Waals surface area (Å²) in [6, 6.07) is 0.635. The highest BCUT2D eigenvalue weighted by Gasteiger charge is 2.35. The van der Waals surface area contributed by atoms with Gasteiger partial charge in [0.05, 0.1) is 0 Å². The highest BCUT2D eigenvalue weighted by Crippen LogP contribution is 2.43. The number of aliphatic hydroxyl groups excluding tert-OH is 1. The van der Waals surface area contributed by atoms with Gasteiger partial charge in [0.1, 0.15) is 0 Å². The van der Waals surface area contributed by atoms with Gasteiger partial charge in [0.15, 0.2) is 0 Å². The predicted molar refractivity (Wildman–Crippen MR) is 60.4 cm³/mol. The van der Waals surface area contributed by atoms with Crippen molar-refractivity contribution < 1.29 is 5.11 Å². The van der Waals surface area contributed by atoms with Crippen LogP contribution in [0.3, 0.4) is 0 Å². The van der Waals surface area contributed by atoms with Gasteiger partial charge in [-0.1, -0.05) is 19.8 Å². The van der Waals surface area contributed by atoms with Crippen molar-refractivity contribution in [3.8, 4) is 0 Å². The van der Waals surface area contributed by atoms with Crippen molar-refractivity contribution >= 4 is 0 Å². The summed E-state index contributed by atoms with van der Waals surface area (Å²) < 4.78 is 0. The van der Waals surface area contributed by atoms with E-state index < -0.39 is 0 Å². The molecule has 14 heavy (non-hydrogen) atoms. The van der Waals surface area contributed by atoms with Gasteiger partial charge in [-0.25, -0.2) is 0 Å². The molecule has 1 saturated carbocycles. The minimum atomic E-state index is 0.351. The molecule has 0 aliphatic heterocycles. The molecular formula is C12H25NO. The summed E-state index contributed by atoms with van der Waals surface area (Å²) in [7, 11) is 0. The first-order valence-electron chi connectivity index (χ1n) is 6.07. The molecule has 1 aliphatic rings. The normalized spacial score (nSPS) is 21.6. The Hall–Kier alpha value is -0.0800. The predicted octanol–water partition coefficient (Wildman–Crippen LogP) is 2.32. The largest absolute Gasteiger partial charge is 0.396 e. The Morgan fingerprint density at radius 3 is 2.57 bits per heavy atom. The Morgan fingerprint density at radius 2 is 2.14 bits per heavy atom. The zero-order valence-corrected chi connectivity index (χ0v) is 9.68. The molecule has 0 amide bonds. The molecule has 0 spiro atoms. The van der Waals surface area contributed by atoms with E-state index in [4.69, 9.17) is 5.11 Å².